The van der Waals surface area contributed by atoms with Crippen LogP contribution in [-0.2, 0) is 0 Å². The number of aryl methyl sites for hydroxylation is 2. The van der Waals surface area contributed by atoms with Gasteiger partial charge < -0.3 is 4.74 Å². The lowest BCUT2D eigenvalue weighted by atomic mass is 10.1. The zero-order valence-electron chi connectivity index (χ0n) is 9.22. The van der Waals surface area contributed by atoms with E-state index in [-0.39, 0.29) is 0 Å². The summed E-state index contributed by atoms with van der Waals surface area (Å²) in [5, 5.41) is 0. The van der Waals surface area contributed by atoms with Crippen LogP contribution in [0, 0.1) is 13.8 Å². The SMILES string of the molecule is Cc1cc(OCCCCS)cc(C)c1Br. The summed E-state index contributed by atoms with van der Waals surface area (Å²) < 4.78 is 6.84. The Kier molecular flexibility index (Phi) is 5.54. The third kappa shape index (κ3) is 4.07. The van der Waals surface area contributed by atoms with Gasteiger partial charge in [0.25, 0.3) is 0 Å². The van der Waals surface area contributed by atoms with Crippen molar-refractivity contribution < 1.29 is 4.74 Å². The molecule has 0 saturated heterocycles. The van der Waals surface area contributed by atoms with Gasteiger partial charge in [-0.25, -0.2) is 0 Å². The summed E-state index contributed by atoms with van der Waals surface area (Å²) in [6.07, 6.45) is 2.18. The summed E-state index contributed by atoms with van der Waals surface area (Å²) in [5.74, 6) is 1.90. The fraction of sp³-hybridized carbons (Fsp3) is 0.500. The van der Waals surface area contributed by atoms with E-state index >= 15 is 0 Å². The van der Waals surface area contributed by atoms with E-state index in [1.807, 2.05) is 0 Å². The highest BCUT2D eigenvalue weighted by Gasteiger charge is 2.02. The van der Waals surface area contributed by atoms with Gasteiger partial charge in [-0.2, -0.15) is 12.6 Å². The third-order valence-electron chi connectivity index (χ3n) is 2.23. The first-order valence-corrected chi connectivity index (χ1v) is 6.58. The molecule has 1 aromatic rings. The lowest BCUT2D eigenvalue weighted by Crippen LogP contribution is -1.98. The molecule has 0 unspecified atom stereocenters. The molecule has 1 nitrogen and oxygen atoms in total. The van der Waals surface area contributed by atoms with E-state index in [9.17, 15) is 0 Å². The van der Waals surface area contributed by atoms with Crippen molar-refractivity contribution in [1.29, 1.82) is 0 Å². The van der Waals surface area contributed by atoms with Gasteiger partial charge in [-0.3, -0.25) is 0 Å². The maximum absolute atomic E-state index is 5.67. The van der Waals surface area contributed by atoms with Crippen LogP contribution >= 0.6 is 28.6 Å². The Hall–Kier alpha value is -0.150. The van der Waals surface area contributed by atoms with Gasteiger partial charge in [0.2, 0.25) is 0 Å². The van der Waals surface area contributed by atoms with Crippen LogP contribution in [0.25, 0.3) is 0 Å². The van der Waals surface area contributed by atoms with Gasteiger partial charge >= 0.3 is 0 Å². The molecule has 84 valence electrons. The number of rotatable bonds is 5. The summed E-state index contributed by atoms with van der Waals surface area (Å²) in [4.78, 5) is 0. The van der Waals surface area contributed by atoms with Crippen LogP contribution in [0.5, 0.6) is 5.75 Å². The van der Waals surface area contributed by atoms with Gasteiger partial charge in [-0.1, -0.05) is 15.9 Å². The minimum Gasteiger partial charge on any atom is -0.494 e. The quantitative estimate of drug-likeness (QED) is 0.632. The van der Waals surface area contributed by atoms with Crippen LogP contribution in [0.2, 0.25) is 0 Å². The lowest BCUT2D eigenvalue weighted by molar-refractivity contribution is 0.309. The molecule has 0 radical (unpaired) electrons. The second kappa shape index (κ2) is 6.44. The van der Waals surface area contributed by atoms with Crippen LogP contribution in [0.1, 0.15) is 24.0 Å². The minimum absolute atomic E-state index is 0.779. The summed E-state index contributed by atoms with van der Waals surface area (Å²) in [5.41, 5.74) is 2.44. The summed E-state index contributed by atoms with van der Waals surface area (Å²) in [7, 11) is 0. The topological polar surface area (TPSA) is 9.23 Å². The Morgan fingerprint density at radius 1 is 1.20 bits per heavy atom. The zero-order valence-corrected chi connectivity index (χ0v) is 11.7. The predicted molar refractivity (Wildman–Crippen MR) is 72.2 cm³/mol. The van der Waals surface area contributed by atoms with Gasteiger partial charge in [0.15, 0.2) is 0 Å². The molecule has 15 heavy (non-hydrogen) atoms. The Bertz CT molecular complexity index is 302. The molecule has 0 aliphatic rings. The minimum atomic E-state index is 0.779. The molecule has 0 saturated carbocycles. The largest absolute Gasteiger partial charge is 0.494 e. The van der Waals surface area contributed by atoms with Gasteiger partial charge in [0, 0.05) is 4.47 Å². The van der Waals surface area contributed by atoms with Crippen molar-refractivity contribution in [3.8, 4) is 5.75 Å². The van der Waals surface area contributed by atoms with Crippen molar-refractivity contribution in [3.05, 3.63) is 27.7 Å². The first-order chi connectivity index (χ1) is 7.15. The molecule has 0 amide bonds. The van der Waals surface area contributed by atoms with Crippen LogP contribution in [0.15, 0.2) is 16.6 Å². The Balaban J connectivity index is 2.55. The van der Waals surface area contributed by atoms with E-state index in [0.29, 0.717) is 0 Å². The molecule has 0 aliphatic carbocycles. The maximum atomic E-state index is 5.67. The van der Waals surface area contributed by atoms with Crippen LogP contribution in [0.3, 0.4) is 0 Å². The van der Waals surface area contributed by atoms with E-state index in [1.54, 1.807) is 0 Å². The molecule has 1 aromatic carbocycles. The highest BCUT2D eigenvalue weighted by molar-refractivity contribution is 9.10. The highest BCUT2D eigenvalue weighted by Crippen LogP contribution is 2.26. The number of hydrogen-bond acceptors (Lipinski definition) is 2. The van der Waals surface area contributed by atoms with Crippen molar-refractivity contribution in [3.63, 3.8) is 0 Å². The molecule has 1 rings (SSSR count). The average Bonchev–Trinajstić information content (AvgIpc) is 2.21. The second-order valence-corrected chi connectivity index (χ2v) is 4.89. The van der Waals surface area contributed by atoms with E-state index in [1.165, 1.54) is 15.6 Å². The number of thiol groups is 1. The third-order valence-corrected chi connectivity index (χ3v) is 3.80. The fourth-order valence-corrected chi connectivity index (χ4v) is 1.85. The first-order valence-electron chi connectivity index (χ1n) is 5.15. The molecule has 3 heteroatoms. The van der Waals surface area contributed by atoms with E-state index in [4.69, 9.17) is 4.74 Å². The average molecular weight is 289 g/mol. The lowest BCUT2D eigenvalue weighted by Gasteiger charge is -2.09. The van der Waals surface area contributed by atoms with Gasteiger partial charge in [0.05, 0.1) is 6.61 Å². The van der Waals surface area contributed by atoms with Gasteiger partial charge in [0.1, 0.15) is 5.75 Å². The van der Waals surface area contributed by atoms with E-state index in [2.05, 4.69) is 54.5 Å². The number of benzene rings is 1. The molecular weight excluding hydrogens is 272 g/mol. The standard InChI is InChI=1S/C12H17BrOS/c1-9-7-11(8-10(2)12(9)13)14-5-3-4-6-15/h7-8,15H,3-6H2,1-2H3. The van der Waals surface area contributed by atoms with E-state index in [0.717, 1.165) is 31.0 Å². The predicted octanol–water partition coefficient (Wildman–Crippen LogP) is 4.15. The maximum Gasteiger partial charge on any atom is 0.119 e. The van der Waals surface area contributed by atoms with Gasteiger partial charge in [-0.15, -0.1) is 0 Å². The molecule has 0 N–H and O–H groups in total. The second-order valence-electron chi connectivity index (χ2n) is 3.65. The normalized spacial score (nSPS) is 10.4. The number of unbranched alkanes of at least 4 members (excludes halogenated alkanes) is 1. The van der Waals surface area contributed by atoms with E-state index < -0.39 is 0 Å². The zero-order chi connectivity index (χ0) is 11.3. The molecular formula is C12H17BrOS. The fourth-order valence-electron chi connectivity index (χ4n) is 1.39. The van der Waals surface area contributed by atoms with Crippen LogP contribution in [0.4, 0.5) is 0 Å². The Morgan fingerprint density at radius 3 is 2.33 bits per heavy atom. The first kappa shape index (κ1) is 12.9. The number of hydrogen-bond donors (Lipinski definition) is 1. The summed E-state index contributed by atoms with van der Waals surface area (Å²) in [6.45, 7) is 4.94. The summed E-state index contributed by atoms with van der Waals surface area (Å²) >= 11 is 7.71. The van der Waals surface area contributed by atoms with Crippen molar-refractivity contribution >= 4 is 28.6 Å². The molecule has 0 atom stereocenters. The molecule has 0 aromatic heterocycles. The van der Waals surface area contributed by atoms with Crippen molar-refractivity contribution in [2.75, 3.05) is 12.4 Å². The smallest absolute Gasteiger partial charge is 0.119 e. The van der Waals surface area contributed by atoms with Crippen molar-refractivity contribution in [1.82, 2.24) is 0 Å². The van der Waals surface area contributed by atoms with Crippen molar-refractivity contribution in [2.45, 2.75) is 26.7 Å². The van der Waals surface area contributed by atoms with Crippen molar-refractivity contribution in [2.24, 2.45) is 0 Å². The number of ether oxygens (including phenoxy) is 1. The molecule has 0 heterocycles. The molecule has 0 aliphatic heterocycles. The Labute approximate surface area is 106 Å². The molecule has 0 spiro atoms. The van der Waals surface area contributed by atoms with Crippen LogP contribution < -0.4 is 4.74 Å². The molecule has 0 fully saturated rings. The number of halogens is 1. The monoisotopic (exact) mass is 288 g/mol. The van der Waals surface area contributed by atoms with Gasteiger partial charge in [-0.05, 0) is 55.7 Å². The Morgan fingerprint density at radius 2 is 1.80 bits per heavy atom. The molecule has 0 bridgehead atoms. The highest BCUT2D eigenvalue weighted by atomic mass is 79.9. The van der Waals surface area contributed by atoms with Crippen LogP contribution in [-0.4, -0.2) is 12.4 Å². The summed E-state index contributed by atoms with van der Waals surface area (Å²) in [6, 6.07) is 4.13.